The molecule has 1 aromatic carbocycles. The predicted molar refractivity (Wildman–Crippen MR) is 108 cm³/mol. The Balaban J connectivity index is 0.000000553. The molecule has 2 aromatic rings. The number of pyridine rings is 1. The Bertz CT molecular complexity index is 949. The summed E-state index contributed by atoms with van der Waals surface area (Å²) in [5.41, 5.74) is -0.0518. The second-order valence-corrected chi connectivity index (χ2v) is 8.15. The van der Waals surface area contributed by atoms with Crippen molar-refractivity contribution in [1.82, 2.24) is 10.3 Å². The first kappa shape index (κ1) is 25.4. The van der Waals surface area contributed by atoms with E-state index < -0.39 is 18.1 Å². The number of nitrogens with one attached hydrogen (secondary N) is 2. The molecule has 8 nitrogen and oxygen atoms in total. The minimum absolute atomic E-state index is 0.127. The molecule has 0 radical (unpaired) electrons. The highest BCUT2D eigenvalue weighted by atomic mass is 33.1. The molecule has 0 aliphatic heterocycles. The monoisotopic (exact) mass is 466 g/mol. The molecule has 0 aliphatic rings. The van der Waals surface area contributed by atoms with Crippen LogP contribution in [0.5, 0.6) is 0 Å². The van der Waals surface area contributed by atoms with E-state index in [1.807, 2.05) is 6.07 Å². The highest BCUT2D eigenvalue weighted by Crippen LogP contribution is 2.21. The zero-order chi connectivity index (χ0) is 22.7. The van der Waals surface area contributed by atoms with Gasteiger partial charge in [0.05, 0.1) is 6.42 Å². The number of amides is 1. The van der Waals surface area contributed by atoms with Gasteiger partial charge in [0, 0.05) is 23.4 Å². The molecule has 0 saturated carbocycles. The number of aliphatic carboxylic acids is 2. The first-order valence-electron chi connectivity index (χ1n) is 8.19. The maximum absolute atomic E-state index is 12.0. The Morgan fingerprint density at radius 3 is 2.27 bits per heavy atom. The molecule has 1 aromatic heterocycles. The fraction of sp³-hybridized carbons (Fsp3) is 0.294. The average Bonchev–Trinajstić information content (AvgIpc) is 2.66. The van der Waals surface area contributed by atoms with Crippen LogP contribution in [0.3, 0.4) is 0 Å². The molecule has 1 amide bonds. The standard InChI is InChI=1S/C15H16N2O4S2.C2HF3O2/c18-13(19)5-7-22-23-8-6-16-15(21)12-9-10-3-1-2-4-11(10)14(20)17-12;3-2(4,5)1(6)7/h1-4,9H,5-8H2,(H,16,21)(H,17,20)(H,18,19);(H,6,7). The summed E-state index contributed by atoms with van der Waals surface area (Å²) in [6.07, 6.45) is -4.96. The predicted octanol–water partition coefficient (Wildman–Crippen LogP) is 2.75. The van der Waals surface area contributed by atoms with E-state index in [1.165, 1.54) is 21.6 Å². The third-order valence-electron chi connectivity index (χ3n) is 3.19. The van der Waals surface area contributed by atoms with Gasteiger partial charge in [0.2, 0.25) is 0 Å². The molecule has 1 heterocycles. The summed E-state index contributed by atoms with van der Waals surface area (Å²) in [5, 5.41) is 19.6. The second kappa shape index (κ2) is 12.1. The summed E-state index contributed by atoms with van der Waals surface area (Å²) in [7, 11) is 2.96. The number of carbonyl (C=O) groups excluding carboxylic acids is 1. The largest absolute Gasteiger partial charge is 0.490 e. The van der Waals surface area contributed by atoms with Gasteiger partial charge in [0.1, 0.15) is 5.69 Å². The van der Waals surface area contributed by atoms with Gasteiger partial charge in [-0.3, -0.25) is 14.4 Å². The van der Waals surface area contributed by atoms with Crippen molar-refractivity contribution >= 4 is 50.2 Å². The number of aromatic amines is 1. The van der Waals surface area contributed by atoms with Gasteiger partial charge in [0.15, 0.2) is 0 Å². The Morgan fingerprint density at radius 2 is 1.67 bits per heavy atom. The number of aromatic nitrogens is 1. The summed E-state index contributed by atoms with van der Waals surface area (Å²) in [5.74, 6) is -2.71. The van der Waals surface area contributed by atoms with E-state index in [-0.39, 0.29) is 23.6 Å². The fourth-order valence-electron chi connectivity index (χ4n) is 1.88. The Morgan fingerprint density at radius 1 is 1.07 bits per heavy atom. The molecule has 0 spiro atoms. The van der Waals surface area contributed by atoms with Crippen LogP contribution in [-0.4, -0.2) is 57.3 Å². The van der Waals surface area contributed by atoms with Crippen molar-refractivity contribution in [3.63, 3.8) is 0 Å². The van der Waals surface area contributed by atoms with Crippen molar-refractivity contribution in [3.05, 3.63) is 46.4 Å². The van der Waals surface area contributed by atoms with Crippen LogP contribution in [-0.2, 0) is 9.59 Å². The number of rotatable bonds is 8. The van der Waals surface area contributed by atoms with Crippen LogP contribution in [0.15, 0.2) is 35.1 Å². The van der Waals surface area contributed by atoms with Crippen molar-refractivity contribution in [2.24, 2.45) is 0 Å². The van der Waals surface area contributed by atoms with Crippen molar-refractivity contribution in [2.75, 3.05) is 18.1 Å². The van der Waals surface area contributed by atoms with E-state index in [1.54, 1.807) is 24.3 Å². The lowest BCUT2D eigenvalue weighted by Gasteiger charge is -2.06. The van der Waals surface area contributed by atoms with Crippen molar-refractivity contribution < 1.29 is 37.8 Å². The number of halogens is 3. The van der Waals surface area contributed by atoms with Gasteiger partial charge in [-0.05, 0) is 17.5 Å². The van der Waals surface area contributed by atoms with E-state index in [0.29, 0.717) is 23.4 Å². The Hall–Kier alpha value is -2.67. The summed E-state index contributed by atoms with van der Waals surface area (Å²) in [6, 6.07) is 8.74. The molecular weight excluding hydrogens is 449 g/mol. The number of carbonyl (C=O) groups is 3. The Kier molecular flexibility index (Phi) is 10.3. The zero-order valence-corrected chi connectivity index (χ0v) is 16.8. The molecule has 164 valence electrons. The maximum Gasteiger partial charge on any atom is 0.490 e. The highest BCUT2D eigenvalue weighted by molar-refractivity contribution is 8.76. The van der Waals surface area contributed by atoms with E-state index in [2.05, 4.69) is 10.3 Å². The minimum atomic E-state index is -5.08. The van der Waals surface area contributed by atoms with Crippen LogP contribution < -0.4 is 10.9 Å². The molecule has 13 heteroatoms. The molecule has 0 saturated heterocycles. The maximum atomic E-state index is 12.0. The molecule has 0 fully saturated rings. The van der Waals surface area contributed by atoms with Crippen molar-refractivity contribution in [2.45, 2.75) is 12.6 Å². The second-order valence-electron chi connectivity index (χ2n) is 5.45. The fourth-order valence-corrected chi connectivity index (χ4v) is 3.77. The number of carboxylic acids is 2. The lowest BCUT2D eigenvalue weighted by atomic mass is 10.1. The smallest absolute Gasteiger partial charge is 0.481 e. The van der Waals surface area contributed by atoms with Crippen molar-refractivity contribution in [1.29, 1.82) is 0 Å². The first-order chi connectivity index (χ1) is 14.0. The molecule has 0 aliphatic carbocycles. The number of hydrogen-bond donors (Lipinski definition) is 4. The lowest BCUT2D eigenvalue weighted by Crippen LogP contribution is -2.28. The number of alkyl halides is 3. The van der Waals surface area contributed by atoms with E-state index in [9.17, 15) is 27.6 Å². The van der Waals surface area contributed by atoms with E-state index in [0.717, 1.165) is 5.39 Å². The van der Waals surface area contributed by atoms with Crippen LogP contribution >= 0.6 is 21.6 Å². The highest BCUT2D eigenvalue weighted by Gasteiger charge is 2.38. The number of fused-ring (bicyclic) bond motifs is 1. The van der Waals surface area contributed by atoms with E-state index in [4.69, 9.17) is 15.0 Å². The number of hydrogen-bond acceptors (Lipinski definition) is 6. The van der Waals surface area contributed by atoms with Gasteiger partial charge in [-0.25, -0.2) is 4.79 Å². The summed E-state index contributed by atoms with van der Waals surface area (Å²) < 4.78 is 31.7. The molecular formula is C17H17F3N2O6S2. The van der Waals surface area contributed by atoms with Gasteiger partial charge < -0.3 is 20.5 Å². The van der Waals surface area contributed by atoms with Gasteiger partial charge in [-0.1, -0.05) is 39.8 Å². The van der Waals surface area contributed by atoms with Crippen molar-refractivity contribution in [3.8, 4) is 0 Å². The lowest BCUT2D eigenvalue weighted by molar-refractivity contribution is -0.192. The number of H-pyrrole nitrogens is 1. The van der Waals surface area contributed by atoms with Gasteiger partial charge in [0.25, 0.3) is 11.5 Å². The topological polar surface area (TPSA) is 137 Å². The average molecular weight is 466 g/mol. The molecule has 2 rings (SSSR count). The van der Waals surface area contributed by atoms with Gasteiger partial charge in [-0.2, -0.15) is 13.2 Å². The zero-order valence-electron chi connectivity index (χ0n) is 15.2. The molecule has 0 atom stereocenters. The summed E-state index contributed by atoms with van der Waals surface area (Å²) in [6.45, 7) is 0.443. The normalized spacial score (nSPS) is 10.8. The quantitative estimate of drug-likeness (QED) is 0.344. The van der Waals surface area contributed by atoms with Crippen LogP contribution in [0, 0.1) is 0 Å². The van der Waals surface area contributed by atoms with E-state index >= 15 is 0 Å². The summed E-state index contributed by atoms with van der Waals surface area (Å²) in [4.78, 5) is 45.8. The van der Waals surface area contributed by atoms with Crippen LogP contribution in [0.4, 0.5) is 13.2 Å². The SMILES string of the molecule is O=C(O)C(F)(F)F.O=C(O)CCSSCCNC(=O)c1cc2ccccc2c(=O)[nH]1. The molecule has 4 N–H and O–H groups in total. The first-order valence-corrected chi connectivity index (χ1v) is 10.7. The molecule has 0 bridgehead atoms. The van der Waals surface area contributed by atoms with Crippen LogP contribution in [0.25, 0.3) is 10.8 Å². The van der Waals surface area contributed by atoms with Gasteiger partial charge in [-0.15, -0.1) is 0 Å². The molecule has 0 unspecified atom stereocenters. The minimum Gasteiger partial charge on any atom is -0.481 e. The number of benzene rings is 1. The van der Waals surface area contributed by atoms with Gasteiger partial charge >= 0.3 is 18.1 Å². The molecule has 30 heavy (non-hydrogen) atoms. The summed E-state index contributed by atoms with van der Waals surface area (Å²) >= 11 is 0. The third-order valence-corrected chi connectivity index (χ3v) is 5.60. The van der Waals surface area contributed by atoms with Crippen LogP contribution in [0.1, 0.15) is 16.9 Å². The number of carboxylic acid groups (broad SMARTS) is 2. The third kappa shape index (κ3) is 9.22. The Labute approximate surface area is 175 Å². The van der Waals surface area contributed by atoms with Crippen LogP contribution in [0.2, 0.25) is 0 Å².